The Morgan fingerprint density at radius 1 is 1.14 bits per heavy atom. The lowest BCUT2D eigenvalue weighted by atomic mass is 10.1. The molecule has 0 saturated carbocycles. The second-order valence-corrected chi connectivity index (χ2v) is 5.59. The van der Waals surface area contributed by atoms with Gasteiger partial charge in [-0.2, -0.15) is 0 Å². The van der Waals surface area contributed by atoms with Crippen LogP contribution in [0.5, 0.6) is 0 Å². The highest BCUT2D eigenvalue weighted by atomic mass is 127. The van der Waals surface area contributed by atoms with E-state index in [1.807, 2.05) is 26.0 Å². The summed E-state index contributed by atoms with van der Waals surface area (Å²) >= 11 is 0. The molecule has 0 aliphatic carbocycles. The van der Waals surface area contributed by atoms with E-state index in [1.165, 1.54) is 37.1 Å². The molecule has 5 heteroatoms. The van der Waals surface area contributed by atoms with Gasteiger partial charge in [0.05, 0.1) is 0 Å². The van der Waals surface area contributed by atoms with Gasteiger partial charge in [0.1, 0.15) is 0 Å². The molecule has 4 nitrogen and oxygen atoms in total. The first kappa shape index (κ1) is 18.2. The van der Waals surface area contributed by atoms with E-state index in [9.17, 15) is 0 Å². The number of hydrogen-bond acceptors (Lipinski definition) is 2. The van der Waals surface area contributed by atoms with Crippen molar-refractivity contribution in [2.75, 3.05) is 34.2 Å². The van der Waals surface area contributed by atoms with E-state index >= 15 is 0 Å². The van der Waals surface area contributed by atoms with Crippen LogP contribution in [0, 0.1) is 0 Å². The normalized spacial score (nSPS) is 15.7. The zero-order valence-corrected chi connectivity index (χ0v) is 15.6. The molecule has 0 atom stereocenters. The summed E-state index contributed by atoms with van der Waals surface area (Å²) in [4.78, 5) is 8.73. The lowest BCUT2D eigenvalue weighted by Gasteiger charge is -2.17. The van der Waals surface area contributed by atoms with Crippen LogP contribution in [0.15, 0.2) is 29.3 Å². The Morgan fingerprint density at radius 2 is 1.71 bits per heavy atom. The summed E-state index contributed by atoms with van der Waals surface area (Å²) in [6.07, 6.45) is 2.71. The van der Waals surface area contributed by atoms with Crippen molar-refractivity contribution in [1.82, 2.24) is 15.1 Å². The van der Waals surface area contributed by atoms with Crippen LogP contribution in [0.25, 0.3) is 0 Å². The van der Waals surface area contributed by atoms with Gasteiger partial charge in [-0.15, -0.1) is 24.0 Å². The van der Waals surface area contributed by atoms with E-state index in [4.69, 9.17) is 0 Å². The quantitative estimate of drug-likeness (QED) is 0.477. The van der Waals surface area contributed by atoms with Gasteiger partial charge in [-0.05, 0) is 37.1 Å². The summed E-state index contributed by atoms with van der Waals surface area (Å²) in [5.74, 6) is 0.908. The van der Waals surface area contributed by atoms with Crippen molar-refractivity contribution < 1.29 is 0 Å². The number of benzene rings is 1. The van der Waals surface area contributed by atoms with E-state index in [-0.39, 0.29) is 24.0 Å². The summed E-state index contributed by atoms with van der Waals surface area (Å²) in [7, 11) is 5.80. The van der Waals surface area contributed by atoms with Gasteiger partial charge >= 0.3 is 0 Å². The van der Waals surface area contributed by atoms with E-state index in [0.717, 1.165) is 19.0 Å². The maximum absolute atomic E-state index is 4.21. The van der Waals surface area contributed by atoms with Gasteiger partial charge in [0.2, 0.25) is 0 Å². The third kappa shape index (κ3) is 5.82. The van der Waals surface area contributed by atoms with Gasteiger partial charge in [0, 0.05) is 34.2 Å². The van der Waals surface area contributed by atoms with Crippen LogP contribution in [-0.2, 0) is 13.1 Å². The van der Waals surface area contributed by atoms with Crippen LogP contribution in [0.1, 0.15) is 24.0 Å². The molecule has 0 bridgehead atoms. The minimum Gasteiger partial charge on any atom is -0.352 e. The molecule has 0 radical (unpaired) electrons. The summed E-state index contributed by atoms with van der Waals surface area (Å²) in [6.45, 7) is 4.41. The molecular weight excluding hydrogens is 375 g/mol. The summed E-state index contributed by atoms with van der Waals surface area (Å²) in [6, 6.07) is 8.91. The third-order valence-electron chi connectivity index (χ3n) is 3.71. The molecule has 0 amide bonds. The molecule has 0 unspecified atom stereocenters. The number of nitrogens with zero attached hydrogens (tertiary/aromatic N) is 3. The van der Waals surface area contributed by atoms with Gasteiger partial charge in [-0.1, -0.05) is 24.3 Å². The first-order valence-electron chi connectivity index (χ1n) is 7.37. The second kappa shape index (κ2) is 9.25. The Labute approximate surface area is 145 Å². The van der Waals surface area contributed by atoms with Crippen LogP contribution < -0.4 is 5.32 Å². The molecule has 1 aliphatic rings. The predicted octanol–water partition coefficient (Wildman–Crippen LogP) is 2.54. The molecule has 2 rings (SSSR count). The van der Waals surface area contributed by atoms with E-state index in [0.29, 0.717) is 0 Å². The topological polar surface area (TPSA) is 30.9 Å². The molecular formula is C16H27IN4. The minimum atomic E-state index is 0. The standard InChI is InChI=1S/C16H26N4.HI/c1-17-16(19(2)3)18-12-14-6-8-15(9-7-14)13-20-10-4-5-11-20;/h6-9H,4-5,10-13H2,1-3H3,(H,17,18);1H. The largest absolute Gasteiger partial charge is 0.352 e. The van der Waals surface area contributed by atoms with Crippen molar-refractivity contribution >= 4 is 29.9 Å². The predicted molar refractivity (Wildman–Crippen MR) is 100 cm³/mol. The first-order valence-corrected chi connectivity index (χ1v) is 7.37. The second-order valence-electron chi connectivity index (χ2n) is 5.59. The molecule has 21 heavy (non-hydrogen) atoms. The Balaban J connectivity index is 0.00000220. The molecule has 1 aliphatic heterocycles. The van der Waals surface area contributed by atoms with Crippen molar-refractivity contribution in [3.63, 3.8) is 0 Å². The maximum Gasteiger partial charge on any atom is 0.193 e. The van der Waals surface area contributed by atoms with Gasteiger partial charge in [-0.25, -0.2) is 0 Å². The number of likely N-dealkylation sites (tertiary alicyclic amines) is 1. The van der Waals surface area contributed by atoms with E-state index in [1.54, 1.807) is 0 Å². The Morgan fingerprint density at radius 3 is 2.24 bits per heavy atom. The molecule has 0 aromatic heterocycles. The van der Waals surface area contributed by atoms with Crippen LogP contribution in [0.3, 0.4) is 0 Å². The van der Waals surface area contributed by atoms with E-state index < -0.39 is 0 Å². The highest BCUT2D eigenvalue weighted by Crippen LogP contribution is 2.13. The first-order chi connectivity index (χ1) is 9.69. The van der Waals surface area contributed by atoms with E-state index in [2.05, 4.69) is 39.5 Å². The average Bonchev–Trinajstić information content (AvgIpc) is 2.94. The smallest absolute Gasteiger partial charge is 0.193 e. The summed E-state index contributed by atoms with van der Waals surface area (Å²) in [5.41, 5.74) is 2.70. The molecule has 1 heterocycles. The lowest BCUT2D eigenvalue weighted by molar-refractivity contribution is 0.331. The highest BCUT2D eigenvalue weighted by Gasteiger charge is 2.11. The Kier molecular flexibility index (Phi) is 8.03. The number of halogens is 1. The van der Waals surface area contributed by atoms with Crippen molar-refractivity contribution in [1.29, 1.82) is 0 Å². The zero-order chi connectivity index (χ0) is 14.4. The van der Waals surface area contributed by atoms with Gasteiger partial charge in [0.25, 0.3) is 0 Å². The number of hydrogen-bond donors (Lipinski definition) is 1. The molecule has 1 aromatic carbocycles. The number of aliphatic imine (C=N–C) groups is 1. The minimum absolute atomic E-state index is 0. The fraction of sp³-hybridized carbons (Fsp3) is 0.562. The molecule has 1 aromatic rings. The van der Waals surface area contributed by atoms with Crippen molar-refractivity contribution in [2.45, 2.75) is 25.9 Å². The molecule has 1 saturated heterocycles. The van der Waals surface area contributed by atoms with Crippen molar-refractivity contribution in [3.05, 3.63) is 35.4 Å². The van der Waals surface area contributed by atoms with Crippen LogP contribution in [-0.4, -0.2) is 50.0 Å². The molecule has 1 fully saturated rings. The highest BCUT2D eigenvalue weighted by molar-refractivity contribution is 14.0. The number of nitrogens with one attached hydrogen (secondary N) is 1. The number of rotatable bonds is 4. The lowest BCUT2D eigenvalue weighted by Crippen LogP contribution is -2.35. The summed E-state index contributed by atoms with van der Waals surface area (Å²) < 4.78 is 0. The number of guanidine groups is 1. The Hall–Kier alpha value is -0.820. The van der Waals surface area contributed by atoms with Gasteiger partial charge in [0.15, 0.2) is 5.96 Å². The van der Waals surface area contributed by atoms with Crippen LogP contribution in [0.4, 0.5) is 0 Å². The van der Waals surface area contributed by atoms with Crippen LogP contribution in [0.2, 0.25) is 0 Å². The van der Waals surface area contributed by atoms with Crippen molar-refractivity contribution in [2.24, 2.45) is 4.99 Å². The molecule has 0 spiro atoms. The van der Waals surface area contributed by atoms with Crippen LogP contribution >= 0.6 is 24.0 Å². The van der Waals surface area contributed by atoms with Crippen molar-refractivity contribution in [3.8, 4) is 0 Å². The summed E-state index contributed by atoms with van der Waals surface area (Å²) in [5, 5.41) is 3.34. The zero-order valence-electron chi connectivity index (χ0n) is 13.3. The Bertz CT molecular complexity index is 436. The SMILES string of the molecule is CN=C(NCc1ccc(CN2CCCC2)cc1)N(C)C.I. The molecule has 1 N–H and O–H groups in total. The van der Waals surface area contributed by atoms with Gasteiger partial charge < -0.3 is 10.2 Å². The van der Waals surface area contributed by atoms with Gasteiger partial charge in [-0.3, -0.25) is 9.89 Å². The fourth-order valence-corrected chi connectivity index (χ4v) is 2.58. The maximum atomic E-state index is 4.21. The third-order valence-corrected chi connectivity index (χ3v) is 3.71. The monoisotopic (exact) mass is 402 g/mol. The fourth-order valence-electron chi connectivity index (χ4n) is 2.58. The average molecular weight is 402 g/mol. The molecule has 118 valence electrons.